The first-order chi connectivity index (χ1) is 8.61. The van der Waals surface area contributed by atoms with Crippen LogP contribution in [0.1, 0.15) is 18.9 Å². The minimum atomic E-state index is 0.525. The van der Waals surface area contributed by atoms with Crippen LogP contribution in [0.5, 0.6) is 0 Å². The van der Waals surface area contributed by atoms with Crippen LogP contribution < -0.4 is 10.6 Å². The van der Waals surface area contributed by atoms with E-state index in [1.165, 1.54) is 24.2 Å². The molecule has 100 valence electrons. The summed E-state index contributed by atoms with van der Waals surface area (Å²) in [5.74, 6) is 0. The maximum atomic E-state index is 5.87. The highest BCUT2D eigenvalue weighted by Crippen LogP contribution is 2.28. The average Bonchev–Trinajstić information content (AvgIpc) is 2.50. The van der Waals surface area contributed by atoms with E-state index in [0.717, 1.165) is 17.6 Å². The van der Waals surface area contributed by atoms with Crippen molar-refractivity contribution in [3.05, 3.63) is 28.2 Å². The fraction of sp³-hybridized carbons (Fsp3) is 0.571. The number of nitrogens with zero attached hydrogens (tertiary/aromatic N) is 2. The third kappa shape index (κ3) is 3.05. The lowest BCUT2D eigenvalue weighted by Crippen LogP contribution is -2.38. The molecule has 0 saturated carbocycles. The second-order valence-electron chi connectivity index (χ2n) is 5.14. The van der Waals surface area contributed by atoms with Crippen LogP contribution in [0.3, 0.4) is 0 Å². The van der Waals surface area contributed by atoms with Crippen LogP contribution in [0, 0.1) is 0 Å². The Morgan fingerprint density at radius 1 is 1.39 bits per heavy atom. The van der Waals surface area contributed by atoms with Gasteiger partial charge in [0.2, 0.25) is 0 Å². The Morgan fingerprint density at radius 2 is 2.17 bits per heavy atom. The molecule has 1 aliphatic heterocycles. The molecular weight excluding hydrogens is 290 g/mol. The molecule has 3 nitrogen and oxygen atoms in total. The Labute approximate surface area is 118 Å². The van der Waals surface area contributed by atoms with Crippen molar-refractivity contribution in [2.45, 2.75) is 25.9 Å². The lowest BCUT2D eigenvalue weighted by atomic mass is 10.1. The largest absolute Gasteiger partial charge is 0.367 e. The van der Waals surface area contributed by atoms with E-state index in [1.807, 2.05) is 0 Å². The summed E-state index contributed by atoms with van der Waals surface area (Å²) >= 11 is 3.57. The van der Waals surface area contributed by atoms with Gasteiger partial charge in [0.25, 0.3) is 0 Å². The minimum absolute atomic E-state index is 0.525. The summed E-state index contributed by atoms with van der Waals surface area (Å²) in [6.07, 6.45) is 1.21. The van der Waals surface area contributed by atoms with Crippen molar-refractivity contribution in [2.75, 3.05) is 31.6 Å². The first-order valence-electron chi connectivity index (χ1n) is 6.55. The van der Waals surface area contributed by atoms with Gasteiger partial charge in [-0.1, -0.05) is 22.0 Å². The second-order valence-corrected chi connectivity index (χ2v) is 6.05. The fourth-order valence-corrected chi connectivity index (χ4v) is 3.06. The highest BCUT2D eigenvalue weighted by molar-refractivity contribution is 9.10. The highest BCUT2D eigenvalue weighted by Gasteiger charge is 2.21. The molecule has 1 aromatic rings. The SMILES string of the molecule is CC1CN(C)CCCN1c1cc(Br)ccc1CN. The summed E-state index contributed by atoms with van der Waals surface area (Å²) in [5, 5.41) is 0. The standard InChI is InChI=1S/C14H22BrN3/c1-11-10-17(2)6-3-7-18(11)14-8-13(15)5-4-12(14)9-16/h4-5,8,11H,3,6-7,9-10,16H2,1-2H3. The Bertz CT molecular complexity index is 408. The van der Waals surface area contributed by atoms with E-state index in [4.69, 9.17) is 5.73 Å². The quantitative estimate of drug-likeness (QED) is 0.910. The number of hydrogen-bond acceptors (Lipinski definition) is 3. The summed E-state index contributed by atoms with van der Waals surface area (Å²) in [6, 6.07) is 6.92. The molecule has 1 unspecified atom stereocenters. The molecule has 1 aromatic carbocycles. The Morgan fingerprint density at radius 3 is 2.89 bits per heavy atom. The molecule has 0 radical (unpaired) electrons. The molecule has 2 rings (SSSR count). The van der Waals surface area contributed by atoms with Gasteiger partial charge in [-0.15, -0.1) is 0 Å². The van der Waals surface area contributed by atoms with Crippen molar-refractivity contribution in [1.82, 2.24) is 4.90 Å². The monoisotopic (exact) mass is 311 g/mol. The van der Waals surface area contributed by atoms with Crippen LogP contribution in [0.2, 0.25) is 0 Å². The predicted molar refractivity (Wildman–Crippen MR) is 81.0 cm³/mol. The lowest BCUT2D eigenvalue weighted by Gasteiger charge is -2.32. The van der Waals surface area contributed by atoms with Crippen molar-refractivity contribution < 1.29 is 0 Å². The first-order valence-corrected chi connectivity index (χ1v) is 7.35. The Balaban J connectivity index is 2.31. The molecule has 1 fully saturated rings. The Hall–Kier alpha value is -0.580. The topological polar surface area (TPSA) is 32.5 Å². The van der Waals surface area contributed by atoms with Gasteiger partial charge in [0.15, 0.2) is 0 Å². The average molecular weight is 312 g/mol. The predicted octanol–water partition coefficient (Wildman–Crippen LogP) is 2.44. The number of halogens is 1. The number of rotatable bonds is 2. The van der Waals surface area contributed by atoms with E-state index < -0.39 is 0 Å². The minimum Gasteiger partial charge on any atom is -0.367 e. The van der Waals surface area contributed by atoms with Crippen LogP contribution in [-0.4, -0.2) is 37.6 Å². The summed E-state index contributed by atoms with van der Waals surface area (Å²) in [6.45, 7) is 6.28. The number of nitrogens with two attached hydrogens (primary N) is 1. The van der Waals surface area contributed by atoms with Crippen molar-refractivity contribution in [3.63, 3.8) is 0 Å². The van der Waals surface area contributed by atoms with Crippen molar-refractivity contribution in [2.24, 2.45) is 5.73 Å². The number of likely N-dealkylation sites (N-methyl/N-ethyl adjacent to an activating group) is 1. The molecule has 0 aliphatic carbocycles. The first kappa shape index (κ1) is 13.8. The summed E-state index contributed by atoms with van der Waals surface area (Å²) in [5.41, 5.74) is 8.38. The molecule has 0 bridgehead atoms. The van der Waals surface area contributed by atoms with Crippen LogP contribution in [0.15, 0.2) is 22.7 Å². The van der Waals surface area contributed by atoms with Crippen LogP contribution in [0.25, 0.3) is 0 Å². The maximum absolute atomic E-state index is 5.87. The van der Waals surface area contributed by atoms with Gasteiger partial charge in [0, 0.05) is 35.8 Å². The second kappa shape index (κ2) is 6.04. The van der Waals surface area contributed by atoms with Gasteiger partial charge >= 0.3 is 0 Å². The van der Waals surface area contributed by atoms with Gasteiger partial charge < -0.3 is 15.5 Å². The highest BCUT2D eigenvalue weighted by atomic mass is 79.9. The van der Waals surface area contributed by atoms with E-state index in [2.05, 4.69) is 57.9 Å². The molecule has 1 heterocycles. The third-order valence-corrected chi connectivity index (χ3v) is 4.12. The zero-order valence-corrected chi connectivity index (χ0v) is 12.8. The van der Waals surface area contributed by atoms with Crippen molar-refractivity contribution >= 4 is 21.6 Å². The maximum Gasteiger partial charge on any atom is 0.0425 e. The van der Waals surface area contributed by atoms with E-state index >= 15 is 0 Å². The molecule has 0 amide bonds. The number of benzene rings is 1. The van der Waals surface area contributed by atoms with Gasteiger partial charge in [0.05, 0.1) is 0 Å². The van der Waals surface area contributed by atoms with Gasteiger partial charge in [-0.2, -0.15) is 0 Å². The Kier molecular flexibility index (Phi) is 4.65. The van der Waals surface area contributed by atoms with Gasteiger partial charge in [-0.05, 0) is 44.6 Å². The summed E-state index contributed by atoms with van der Waals surface area (Å²) < 4.78 is 1.12. The van der Waals surface area contributed by atoms with Crippen LogP contribution in [-0.2, 0) is 6.54 Å². The van der Waals surface area contributed by atoms with Gasteiger partial charge in [0.1, 0.15) is 0 Å². The van der Waals surface area contributed by atoms with E-state index in [9.17, 15) is 0 Å². The molecule has 2 N–H and O–H groups in total. The molecule has 1 saturated heterocycles. The van der Waals surface area contributed by atoms with Crippen molar-refractivity contribution in [1.29, 1.82) is 0 Å². The zero-order chi connectivity index (χ0) is 13.1. The summed E-state index contributed by atoms with van der Waals surface area (Å²) in [4.78, 5) is 4.90. The smallest absolute Gasteiger partial charge is 0.0425 e. The van der Waals surface area contributed by atoms with Gasteiger partial charge in [-0.3, -0.25) is 0 Å². The van der Waals surface area contributed by atoms with E-state index in [1.54, 1.807) is 0 Å². The van der Waals surface area contributed by atoms with E-state index in [0.29, 0.717) is 12.6 Å². The fourth-order valence-electron chi connectivity index (χ4n) is 2.71. The number of anilines is 1. The molecule has 0 aromatic heterocycles. The normalized spacial score (nSPS) is 22.0. The molecule has 0 spiro atoms. The lowest BCUT2D eigenvalue weighted by molar-refractivity contribution is 0.337. The third-order valence-electron chi connectivity index (χ3n) is 3.62. The summed E-state index contributed by atoms with van der Waals surface area (Å²) in [7, 11) is 2.20. The van der Waals surface area contributed by atoms with Gasteiger partial charge in [-0.25, -0.2) is 0 Å². The molecule has 1 atom stereocenters. The molecule has 1 aliphatic rings. The molecular formula is C14H22BrN3. The van der Waals surface area contributed by atoms with Crippen LogP contribution >= 0.6 is 15.9 Å². The van der Waals surface area contributed by atoms with E-state index in [-0.39, 0.29) is 0 Å². The van der Waals surface area contributed by atoms with Crippen molar-refractivity contribution in [3.8, 4) is 0 Å². The molecule has 4 heteroatoms. The zero-order valence-electron chi connectivity index (χ0n) is 11.2. The number of hydrogen-bond donors (Lipinski definition) is 1. The molecule has 18 heavy (non-hydrogen) atoms. The van der Waals surface area contributed by atoms with Crippen LogP contribution in [0.4, 0.5) is 5.69 Å².